The van der Waals surface area contributed by atoms with Crippen LogP contribution in [0.15, 0.2) is 37.1 Å². The Bertz CT molecular complexity index is 240. The summed E-state index contributed by atoms with van der Waals surface area (Å²) in [5.74, 6) is 0. The van der Waals surface area contributed by atoms with Crippen molar-refractivity contribution in [1.82, 2.24) is 0 Å². The van der Waals surface area contributed by atoms with E-state index in [1.165, 1.54) is 5.54 Å². The number of halogens is 2. The van der Waals surface area contributed by atoms with Crippen LogP contribution in [-0.4, -0.2) is 15.6 Å². The predicted molar refractivity (Wildman–Crippen MR) is 45.2 cm³/mol. The summed E-state index contributed by atoms with van der Waals surface area (Å²) in [6.07, 6.45) is 3.67. The number of rotatable bonds is 1. The van der Waals surface area contributed by atoms with E-state index in [1.54, 1.807) is 6.08 Å². The molecule has 1 nitrogen and oxygen atoms in total. The third-order valence-corrected chi connectivity index (χ3v) is 2.89. The number of hydrogen-bond acceptors (Lipinski definition) is 1. The zero-order valence-corrected chi connectivity index (χ0v) is 8.35. The Morgan fingerprint density at radius 2 is 2.40 bits per heavy atom. The first-order chi connectivity index (χ1) is 4.84. The first-order valence-corrected chi connectivity index (χ1v) is 5.32. The molecule has 0 bridgehead atoms. The number of allylic oxidation sites excluding steroid dienone is 3. The van der Waals surface area contributed by atoms with Gasteiger partial charge in [-0.3, -0.25) is 0 Å². The van der Waals surface area contributed by atoms with Crippen molar-refractivity contribution in [3.05, 3.63) is 33.3 Å². The maximum absolute atomic E-state index is 5.74. The molecule has 0 saturated heterocycles. The summed E-state index contributed by atoms with van der Waals surface area (Å²) in [7, 11) is 0. The van der Waals surface area contributed by atoms with Crippen LogP contribution in [-0.2, 0) is 0 Å². The van der Waals surface area contributed by atoms with Gasteiger partial charge >= 0.3 is 75.9 Å². The van der Waals surface area contributed by atoms with Crippen LogP contribution in [0.4, 0.5) is 0 Å². The summed E-state index contributed by atoms with van der Waals surface area (Å²) in [5.41, 5.74) is 2.32. The number of nitrogens with zero attached hydrogens (tertiary/aromatic N) is 1. The van der Waals surface area contributed by atoms with Gasteiger partial charge in [0, 0.05) is 0 Å². The average molecular weight is 236 g/mol. The van der Waals surface area contributed by atoms with Gasteiger partial charge in [0.15, 0.2) is 0 Å². The zero-order valence-electron chi connectivity index (χ0n) is 4.96. The van der Waals surface area contributed by atoms with Crippen molar-refractivity contribution >= 4 is 38.8 Å². The molecule has 0 amide bonds. The van der Waals surface area contributed by atoms with E-state index in [-0.39, 0.29) is 15.6 Å². The molecule has 0 N–H and O–H groups in total. The fourth-order valence-corrected chi connectivity index (χ4v) is 2.08. The number of hydrogen-bond donors (Lipinski definition) is 0. The Labute approximate surface area is 75.9 Å². The monoisotopic (exact) mass is 235 g/mol. The molecule has 10 heavy (non-hydrogen) atoms. The van der Waals surface area contributed by atoms with Crippen LogP contribution in [0.3, 0.4) is 0 Å². The van der Waals surface area contributed by atoms with Crippen molar-refractivity contribution < 1.29 is 0 Å². The Balaban J connectivity index is 2.92. The molecule has 4 heteroatoms. The standard InChI is InChI=1S/C6H4AsCl2N/c8-4-2-5-1-3-7-10-6(5)9/h1-4H. The zero-order chi connectivity index (χ0) is 7.40. The van der Waals surface area contributed by atoms with Crippen molar-refractivity contribution in [2.45, 2.75) is 0 Å². The normalized spacial score (nSPS) is 19.0. The third-order valence-electron chi connectivity index (χ3n) is 0.947. The van der Waals surface area contributed by atoms with Gasteiger partial charge in [0.2, 0.25) is 0 Å². The molecule has 0 saturated carbocycles. The molecular formula is C6H4AsCl2N. The molecule has 0 aromatic carbocycles. The van der Waals surface area contributed by atoms with E-state index in [0.29, 0.717) is 5.16 Å². The van der Waals surface area contributed by atoms with E-state index < -0.39 is 0 Å². The van der Waals surface area contributed by atoms with E-state index in [9.17, 15) is 0 Å². The summed E-state index contributed by atoms with van der Waals surface area (Å²) in [6, 6.07) is 0. The van der Waals surface area contributed by atoms with Crippen LogP contribution in [0.5, 0.6) is 0 Å². The summed E-state index contributed by atoms with van der Waals surface area (Å²) in [4.78, 5) is 2.02. The van der Waals surface area contributed by atoms with Crippen molar-refractivity contribution in [1.29, 1.82) is 0 Å². The molecule has 0 fully saturated rings. The molecule has 0 aliphatic carbocycles. The fourth-order valence-electron chi connectivity index (χ4n) is 0.516. The van der Waals surface area contributed by atoms with Crippen molar-refractivity contribution in [2.24, 2.45) is 3.86 Å². The van der Waals surface area contributed by atoms with Gasteiger partial charge in [-0.25, -0.2) is 0 Å². The second kappa shape index (κ2) is 4.12. The Morgan fingerprint density at radius 1 is 1.60 bits per heavy atom. The van der Waals surface area contributed by atoms with Crippen LogP contribution >= 0.6 is 23.2 Å². The molecule has 1 rings (SSSR count). The van der Waals surface area contributed by atoms with Crippen molar-refractivity contribution in [3.8, 4) is 0 Å². The third kappa shape index (κ3) is 2.09. The molecule has 1 aliphatic heterocycles. The van der Waals surface area contributed by atoms with E-state index in [1.807, 2.05) is 10.9 Å². The van der Waals surface area contributed by atoms with Crippen LogP contribution in [0.1, 0.15) is 0 Å². The van der Waals surface area contributed by atoms with Gasteiger partial charge in [0.05, 0.1) is 0 Å². The fraction of sp³-hybridized carbons (Fsp3) is 0. The molecule has 1 heterocycles. The van der Waals surface area contributed by atoms with Gasteiger partial charge in [-0.15, -0.1) is 0 Å². The van der Waals surface area contributed by atoms with Gasteiger partial charge < -0.3 is 0 Å². The van der Waals surface area contributed by atoms with Crippen molar-refractivity contribution in [2.75, 3.05) is 0 Å². The van der Waals surface area contributed by atoms with Crippen LogP contribution < -0.4 is 0 Å². The Morgan fingerprint density at radius 3 is 3.00 bits per heavy atom. The minimum atomic E-state index is -0.0606. The first kappa shape index (κ1) is 8.26. The van der Waals surface area contributed by atoms with E-state index in [2.05, 4.69) is 3.86 Å². The summed E-state index contributed by atoms with van der Waals surface area (Å²) >= 11 is 11.0. The molecule has 0 spiro atoms. The maximum atomic E-state index is 5.74. The van der Waals surface area contributed by atoms with E-state index in [0.717, 1.165) is 5.57 Å². The second-order valence-corrected chi connectivity index (χ2v) is 3.71. The summed E-state index contributed by atoms with van der Waals surface area (Å²) in [6.45, 7) is 0. The van der Waals surface area contributed by atoms with E-state index >= 15 is 0 Å². The molecule has 52 valence electrons. The molecule has 0 atom stereocenters. The molecule has 1 aliphatic rings. The quantitative estimate of drug-likeness (QED) is 0.490. The van der Waals surface area contributed by atoms with E-state index in [4.69, 9.17) is 23.2 Å². The Kier molecular flexibility index (Phi) is 3.40. The predicted octanol–water partition coefficient (Wildman–Crippen LogP) is 2.60. The van der Waals surface area contributed by atoms with Gasteiger partial charge in [-0.05, 0) is 0 Å². The molecule has 0 aromatic heterocycles. The summed E-state index contributed by atoms with van der Waals surface area (Å²) < 4.78 is 4.07. The summed E-state index contributed by atoms with van der Waals surface area (Å²) in [5, 5.41) is 0.569. The van der Waals surface area contributed by atoms with Crippen LogP contribution in [0.2, 0.25) is 0 Å². The van der Waals surface area contributed by atoms with Gasteiger partial charge in [-0.2, -0.15) is 0 Å². The SMILES string of the molecule is ClC=CC1=C(Cl)N=[As]C=C1. The minimum absolute atomic E-state index is 0.0606. The van der Waals surface area contributed by atoms with Gasteiger partial charge in [-0.1, -0.05) is 0 Å². The van der Waals surface area contributed by atoms with Gasteiger partial charge in [0.1, 0.15) is 0 Å². The van der Waals surface area contributed by atoms with Gasteiger partial charge in [0.25, 0.3) is 0 Å². The second-order valence-electron chi connectivity index (χ2n) is 1.57. The van der Waals surface area contributed by atoms with Crippen LogP contribution in [0.25, 0.3) is 0 Å². The Hall–Kier alpha value is 0.158. The molecular weight excluding hydrogens is 232 g/mol. The average Bonchev–Trinajstić information content (AvgIpc) is 1.94. The van der Waals surface area contributed by atoms with Crippen molar-refractivity contribution in [3.63, 3.8) is 0 Å². The molecule has 0 aromatic rings. The molecule has 0 unspecified atom stereocenters. The first-order valence-electron chi connectivity index (χ1n) is 2.58. The van der Waals surface area contributed by atoms with Crippen LogP contribution in [0, 0.1) is 0 Å². The molecule has 0 radical (unpaired) electrons. The topological polar surface area (TPSA) is 12.4 Å².